The zero-order valence-electron chi connectivity index (χ0n) is 22.5. The zero-order valence-corrected chi connectivity index (χ0v) is 22.5. The van der Waals surface area contributed by atoms with Crippen LogP contribution in [0.1, 0.15) is 78.1 Å². The predicted octanol–water partition coefficient (Wildman–Crippen LogP) is 5.50. The fourth-order valence-electron chi connectivity index (χ4n) is 5.36. The number of amides is 2. The maximum Gasteiger partial charge on any atom is 0.390 e. The third-order valence-corrected chi connectivity index (χ3v) is 7.93. The number of rotatable bonds is 9. The highest BCUT2D eigenvalue weighted by Gasteiger charge is 2.56. The van der Waals surface area contributed by atoms with E-state index in [2.05, 4.69) is 35.5 Å². The number of nitrogens with zero attached hydrogens (tertiary/aromatic N) is 3. The highest BCUT2D eigenvalue weighted by molar-refractivity contribution is 5.93. The molecule has 0 bridgehead atoms. The van der Waals surface area contributed by atoms with E-state index in [9.17, 15) is 40.3 Å². The molecule has 0 radical (unpaired) electrons. The van der Waals surface area contributed by atoms with Crippen LogP contribution in [0.15, 0.2) is 16.8 Å². The monoisotopic (exact) mass is 622 g/mol. The number of hydrogen-bond donors (Lipinski definition) is 3. The number of hydrogen-bond acceptors (Lipinski definition) is 6. The minimum absolute atomic E-state index is 0.000268. The molecule has 2 unspecified atom stereocenters. The number of aryl methyl sites for hydroxylation is 1. The average molecular weight is 623 g/mol. The van der Waals surface area contributed by atoms with Crippen molar-refractivity contribution < 1.29 is 49.3 Å². The molecule has 2 aliphatic rings. The molecule has 17 heteroatoms. The molecule has 2 saturated carbocycles. The van der Waals surface area contributed by atoms with Gasteiger partial charge in [0, 0.05) is 37.3 Å². The molecule has 3 atom stereocenters. The number of benzene rings is 1. The Hall–Kier alpha value is -3.79. The molecule has 3 aromatic rings. The van der Waals surface area contributed by atoms with Crippen molar-refractivity contribution in [2.45, 2.75) is 75.4 Å². The number of halogens is 8. The standard InChI is InChI=1S/C26H26F8N6O3/c1-11-18(40-43-39-11)23(42)38-19(12-4-6-24(28,29)7-5-12)21-36-16-3-2-14(17(27)20(16)37-21)15(9-26(32,33)34)22(41)35-10-13-8-25(13,30)31/h2-3,12-13,15,19H,4-10H2,1H3,(H,35,41)(H,36,37)(H,38,42)/t13?,15?,19-/m0/s1. The fraction of sp³-hybridized carbons (Fsp3) is 0.577. The summed E-state index contributed by atoms with van der Waals surface area (Å²) in [4.78, 5) is 32.6. The second kappa shape index (κ2) is 11.0. The summed E-state index contributed by atoms with van der Waals surface area (Å²) in [5.74, 6) is -13.2. The number of H-pyrrole nitrogens is 1. The first-order valence-electron chi connectivity index (χ1n) is 13.4. The summed E-state index contributed by atoms with van der Waals surface area (Å²) in [6.45, 7) is 0.877. The van der Waals surface area contributed by atoms with Crippen LogP contribution in [0.25, 0.3) is 11.0 Å². The van der Waals surface area contributed by atoms with Gasteiger partial charge in [-0.2, -0.15) is 13.2 Å². The Morgan fingerprint density at radius 2 is 1.81 bits per heavy atom. The van der Waals surface area contributed by atoms with Crippen LogP contribution in [0.3, 0.4) is 0 Å². The molecule has 0 saturated heterocycles. The van der Waals surface area contributed by atoms with Crippen molar-refractivity contribution in [1.29, 1.82) is 0 Å². The maximum atomic E-state index is 15.8. The molecule has 3 N–H and O–H groups in total. The number of carbonyl (C=O) groups is 2. The van der Waals surface area contributed by atoms with Crippen molar-refractivity contribution in [2.75, 3.05) is 6.54 Å². The van der Waals surface area contributed by atoms with Crippen molar-refractivity contribution in [1.82, 2.24) is 30.9 Å². The van der Waals surface area contributed by atoms with Crippen molar-refractivity contribution in [3.8, 4) is 0 Å². The Morgan fingerprint density at radius 1 is 1.14 bits per heavy atom. The number of nitrogens with one attached hydrogen (secondary N) is 3. The molecule has 2 aliphatic carbocycles. The van der Waals surface area contributed by atoms with Crippen LogP contribution in [0.5, 0.6) is 0 Å². The summed E-state index contributed by atoms with van der Waals surface area (Å²) in [5.41, 5.74) is -1.16. The summed E-state index contributed by atoms with van der Waals surface area (Å²) < 4.78 is 115. The molecule has 2 aromatic heterocycles. The van der Waals surface area contributed by atoms with Crippen LogP contribution < -0.4 is 10.6 Å². The van der Waals surface area contributed by atoms with Gasteiger partial charge >= 0.3 is 6.18 Å². The highest BCUT2D eigenvalue weighted by atomic mass is 19.4. The van der Waals surface area contributed by atoms with Gasteiger partial charge in [-0.15, -0.1) is 0 Å². The molecule has 43 heavy (non-hydrogen) atoms. The highest BCUT2D eigenvalue weighted by Crippen LogP contribution is 2.48. The van der Waals surface area contributed by atoms with E-state index < -0.39 is 103 Å². The number of carbonyl (C=O) groups excluding carboxylic acids is 2. The number of fused-ring (bicyclic) bond motifs is 1. The van der Waals surface area contributed by atoms with Gasteiger partial charge in [0.15, 0.2) is 11.5 Å². The minimum Gasteiger partial charge on any atom is -0.355 e. The molecule has 1 aromatic carbocycles. The summed E-state index contributed by atoms with van der Waals surface area (Å²) in [7, 11) is 0. The van der Waals surface area contributed by atoms with Gasteiger partial charge in [0.25, 0.3) is 11.8 Å². The number of aromatic amines is 1. The molecular weight excluding hydrogens is 596 g/mol. The molecule has 0 aliphatic heterocycles. The topological polar surface area (TPSA) is 126 Å². The summed E-state index contributed by atoms with van der Waals surface area (Å²) in [6, 6.07) is 1.08. The smallest absolute Gasteiger partial charge is 0.355 e. The minimum atomic E-state index is -4.91. The second-order valence-electron chi connectivity index (χ2n) is 11.1. The van der Waals surface area contributed by atoms with Crippen LogP contribution in [0, 0.1) is 24.6 Å². The quantitative estimate of drug-likeness (QED) is 0.271. The van der Waals surface area contributed by atoms with Crippen LogP contribution >= 0.6 is 0 Å². The molecular formula is C26H26F8N6O3. The largest absolute Gasteiger partial charge is 0.390 e. The van der Waals surface area contributed by atoms with Gasteiger partial charge in [-0.05, 0) is 36.9 Å². The first kappa shape index (κ1) is 30.7. The van der Waals surface area contributed by atoms with Crippen LogP contribution in [0.2, 0.25) is 0 Å². The predicted molar refractivity (Wildman–Crippen MR) is 132 cm³/mol. The molecule has 2 fully saturated rings. The normalized spacial score (nSPS) is 21.4. The van der Waals surface area contributed by atoms with Crippen molar-refractivity contribution >= 4 is 22.8 Å². The van der Waals surface area contributed by atoms with Gasteiger partial charge in [-0.25, -0.2) is 31.6 Å². The van der Waals surface area contributed by atoms with E-state index in [4.69, 9.17) is 0 Å². The summed E-state index contributed by atoms with van der Waals surface area (Å²) >= 11 is 0. The molecule has 234 valence electrons. The Balaban J connectivity index is 1.46. The molecule has 0 spiro atoms. The zero-order chi connectivity index (χ0) is 31.3. The van der Waals surface area contributed by atoms with Gasteiger partial charge in [0.05, 0.1) is 23.9 Å². The van der Waals surface area contributed by atoms with Gasteiger partial charge in [-0.3, -0.25) is 9.59 Å². The number of aromatic nitrogens is 4. The Labute approximate surface area is 238 Å². The van der Waals surface area contributed by atoms with E-state index in [1.54, 1.807) is 0 Å². The van der Waals surface area contributed by atoms with E-state index in [-0.39, 0.29) is 35.6 Å². The number of alkyl halides is 7. The average Bonchev–Trinajstić information content (AvgIpc) is 3.24. The summed E-state index contributed by atoms with van der Waals surface area (Å²) in [6.07, 6.45) is -8.21. The van der Waals surface area contributed by atoms with E-state index in [1.165, 1.54) is 13.0 Å². The first-order chi connectivity index (χ1) is 20.0. The van der Waals surface area contributed by atoms with E-state index in [1.807, 2.05) is 0 Å². The summed E-state index contributed by atoms with van der Waals surface area (Å²) in [5, 5.41) is 11.8. The second-order valence-corrected chi connectivity index (χ2v) is 11.1. The molecule has 2 amide bonds. The molecule has 5 rings (SSSR count). The Kier molecular flexibility index (Phi) is 7.88. The van der Waals surface area contributed by atoms with Crippen LogP contribution in [-0.4, -0.2) is 56.7 Å². The fourth-order valence-corrected chi connectivity index (χ4v) is 5.36. The first-order valence-corrected chi connectivity index (χ1v) is 13.4. The Morgan fingerprint density at radius 3 is 2.40 bits per heavy atom. The molecule has 9 nitrogen and oxygen atoms in total. The SMILES string of the molecule is Cc1nonc1C(=O)N[C@H](c1nc2c(F)c(C(CC(F)(F)F)C(=O)NCC3CC3(F)F)ccc2[nH]1)C1CCC(F)(F)CC1. The van der Waals surface area contributed by atoms with E-state index in [0.29, 0.717) is 0 Å². The molecule has 2 heterocycles. The van der Waals surface area contributed by atoms with Crippen molar-refractivity contribution in [3.63, 3.8) is 0 Å². The number of imidazole rings is 1. The Bertz CT molecular complexity index is 1510. The maximum absolute atomic E-state index is 15.8. The van der Waals surface area contributed by atoms with E-state index >= 15 is 4.39 Å². The van der Waals surface area contributed by atoms with Gasteiger partial charge in [0.1, 0.15) is 17.0 Å². The lowest BCUT2D eigenvalue weighted by Crippen LogP contribution is -2.38. The van der Waals surface area contributed by atoms with Gasteiger partial charge in [0.2, 0.25) is 11.8 Å². The van der Waals surface area contributed by atoms with Crippen LogP contribution in [-0.2, 0) is 4.79 Å². The van der Waals surface area contributed by atoms with E-state index in [0.717, 1.165) is 6.07 Å². The third kappa shape index (κ3) is 6.74. The van der Waals surface area contributed by atoms with Crippen molar-refractivity contribution in [2.24, 2.45) is 11.8 Å². The lowest BCUT2D eigenvalue weighted by molar-refractivity contribution is -0.148. The van der Waals surface area contributed by atoms with Crippen LogP contribution in [0.4, 0.5) is 35.1 Å². The third-order valence-electron chi connectivity index (χ3n) is 7.93. The van der Waals surface area contributed by atoms with Gasteiger partial charge in [-0.1, -0.05) is 11.2 Å². The van der Waals surface area contributed by atoms with Crippen molar-refractivity contribution in [3.05, 3.63) is 40.7 Å². The van der Waals surface area contributed by atoms with Gasteiger partial charge < -0.3 is 15.6 Å². The lowest BCUT2D eigenvalue weighted by Gasteiger charge is -2.33. The lowest BCUT2D eigenvalue weighted by atomic mass is 9.81.